The van der Waals surface area contributed by atoms with Crippen LogP contribution in [0.3, 0.4) is 0 Å². The second kappa shape index (κ2) is 17.1. The summed E-state index contributed by atoms with van der Waals surface area (Å²) in [7, 11) is 0. The van der Waals surface area contributed by atoms with Crippen molar-refractivity contribution in [3.8, 4) is 0 Å². The number of aliphatic hydroxyl groups is 1. The Morgan fingerprint density at radius 3 is 2.10 bits per heavy atom. The average molecular weight is 326 g/mol. The molecule has 0 unspecified atom stereocenters. The van der Waals surface area contributed by atoms with Gasteiger partial charge in [-0.2, -0.15) is 0 Å². The fraction of sp³-hybridized carbons (Fsp3) is 0.923. The van der Waals surface area contributed by atoms with Crippen LogP contribution in [-0.2, 0) is 46.1 Å². The molecule has 0 spiro atoms. The molecule has 0 aromatic carbocycles. The van der Waals surface area contributed by atoms with Crippen LogP contribution in [0.1, 0.15) is 52.4 Å². The fourth-order valence-electron chi connectivity index (χ4n) is 1.34. The summed E-state index contributed by atoms with van der Waals surface area (Å²) in [6.45, 7) is 4.11. The fourth-order valence-corrected chi connectivity index (χ4v) is 1.34. The van der Waals surface area contributed by atoms with Gasteiger partial charge in [-0.15, -0.1) is 0 Å². The molecule has 0 aromatic heterocycles. The van der Waals surface area contributed by atoms with E-state index < -0.39 is 12.6 Å². The predicted molar refractivity (Wildman–Crippen MR) is 69.0 cm³/mol. The number of ether oxygens (including phenoxy) is 1. The average Bonchev–Trinajstić information content (AvgIpc) is 2.39. The Bertz CT molecular complexity index is 213. The Hall–Kier alpha value is 0.0243. The van der Waals surface area contributed by atoms with Crippen molar-refractivity contribution in [2.75, 3.05) is 19.8 Å². The first kappa shape index (κ1) is 22.3. The normalized spacial score (nSPS) is 10.4. The molecule has 0 aromatic rings. The van der Waals surface area contributed by atoms with Crippen LogP contribution >= 0.6 is 0 Å². The smallest absolute Gasteiger partial charge is 0.331 e. The molecule has 0 saturated carbocycles. The van der Waals surface area contributed by atoms with Gasteiger partial charge in [0.05, 0.1) is 19.3 Å². The van der Waals surface area contributed by atoms with Crippen molar-refractivity contribution in [1.29, 1.82) is 0 Å². The van der Waals surface area contributed by atoms with E-state index in [0.29, 0.717) is 13.2 Å². The minimum Gasteiger partial charge on any atom is -0.464 e. The molecule has 0 amide bonds. The van der Waals surface area contributed by atoms with Gasteiger partial charge < -0.3 is 9.84 Å². The van der Waals surface area contributed by atoms with Crippen LogP contribution < -0.4 is 0 Å². The molecule has 0 atom stereocenters. The van der Waals surface area contributed by atoms with Crippen LogP contribution in [0.4, 0.5) is 0 Å². The van der Waals surface area contributed by atoms with Gasteiger partial charge in [0.1, 0.15) is 6.61 Å². The third-order valence-electron chi connectivity index (χ3n) is 2.29. The zero-order valence-corrected chi connectivity index (χ0v) is 14.0. The quantitative estimate of drug-likeness (QED) is 0.184. The number of hydrogen-bond donors (Lipinski definition) is 1. The maximum Gasteiger partial charge on any atom is 0.331 e. The molecule has 6 nitrogen and oxygen atoms in total. The first-order chi connectivity index (χ1) is 9.16. The first-order valence-electron chi connectivity index (χ1n) is 6.88. The van der Waals surface area contributed by atoms with E-state index >= 15 is 0 Å². The summed E-state index contributed by atoms with van der Waals surface area (Å²) >= 11 is 0. The van der Waals surface area contributed by atoms with Gasteiger partial charge in [0, 0.05) is 21.7 Å². The summed E-state index contributed by atoms with van der Waals surface area (Å²) in [4.78, 5) is 20.2. The van der Waals surface area contributed by atoms with Gasteiger partial charge in [-0.25, -0.2) is 14.6 Å². The van der Waals surface area contributed by atoms with Crippen molar-refractivity contribution in [3.63, 3.8) is 0 Å². The predicted octanol–water partition coefficient (Wildman–Crippen LogP) is 2.15. The molecular weight excluding hydrogens is 300 g/mol. The minimum atomic E-state index is -0.555. The topological polar surface area (TPSA) is 74.2 Å². The van der Waals surface area contributed by atoms with E-state index in [0.717, 1.165) is 38.5 Å². The minimum absolute atomic E-state index is 0. The Morgan fingerprint density at radius 2 is 1.55 bits per heavy atom. The molecule has 0 aliphatic rings. The first-order valence-corrected chi connectivity index (χ1v) is 6.88. The van der Waals surface area contributed by atoms with Crippen LogP contribution in [0.5, 0.6) is 0 Å². The number of aliphatic hydroxyl groups excluding tert-OH is 1. The Labute approximate surface area is 135 Å². The zero-order chi connectivity index (χ0) is 14.3. The van der Waals surface area contributed by atoms with Gasteiger partial charge in [0.25, 0.3) is 0 Å². The van der Waals surface area contributed by atoms with Gasteiger partial charge in [-0.05, 0) is 26.7 Å². The van der Waals surface area contributed by atoms with Crippen molar-refractivity contribution < 1.29 is 51.2 Å². The zero-order valence-electron chi connectivity index (χ0n) is 12.4. The summed E-state index contributed by atoms with van der Waals surface area (Å²) in [6, 6.07) is 0. The maximum absolute atomic E-state index is 10.6. The van der Waals surface area contributed by atoms with Crippen LogP contribution in [0.25, 0.3) is 0 Å². The molecule has 1 N–H and O–H groups in total. The van der Waals surface area contributed by atoms with Crippen molar-refractivity contribution in [3.05, 3.63) is 0 Å². The third kappa shape index (κ3) is 18.0. The number of hydrogen-bond acceptors (Lipinski definition) is 6. The van der Waals surface area contributed by atoms with Gasteiger partial charge in [-0.3, -0.25) is 0 Å². The summed E-state index contributed by atoms with van der Waals surface area (Å²) in [5, 5.41) is 12.9. The number of unbranched alkanes of at least 4 members (excludes halogenated alkanes) is 5. The molecule has 0 saturated heterocycles. The van der Waals surface area contributed by atoms with E-state index in [2.05, 4.69) is 5.04 Å². The van der Waals surface area contributed by atoms with Crippen LogP contribution in [0.15, 0.2) is 0 Å². The molecule has 0 rings (SSSR count). The largest absolute Gasteiger partial charge is 0.464 e. The maximum atomic E-state index is 10.6. The summed E-state index contributed by atoms with van der Waals surface area (Å²) in [5.41, 5.74) is 0. The monoisotopic (exact) mass is 326 g/mol. The van der Waals surface area contributed by atoms with Crippen LogP contribution in [0.2, 0.25) is 0 Å². The van der Waals surface area contributed by atoms with Crippen molar-refractivity contribution in [2.24, 2.45) is 0 Å². The molecule has 0 heterocycles. The van der Waals surface area contributed by atoms with E-state index in [4.69, 9.17) is 19.6 Å². The third-order valence-corrected chi connectivity index (χ3v) is 2.29. The van der Waals surface area contributed by atoms with E-state index in [-0.39, 0.29) is 27.8 Å². The van der Waals surface area contributed by atoms with E-state index in [9.17, 15) is 4.79 Å². The molecule has 0 aliphatic heterocycles. The molecule has 0 radical (unpaired) electrons. The molecule has 0 bridgehead atoms. The standard InChI is InChI=1S/C13H26O6.Ti/c1-12(2)18-19-17-10-8-6-4-3-5-7-9-16-13(15)11-14;/h12,14H,3-11H2,1-2H3;. The number of rotatable bonds is 13. The van der Waals surface area contributed by atoms with Gasteiger partial charge in [0.2, 0.25) is 0 Å². The van der Waals surface area contributed by atoms with Crippen molar-refractivity contribution in [1.82, 2.24) is 0 Å². The van der Waals surface area contributed by atoms with Crippen molar-refractivity contribution in [2.45, 2.75) is 58.5 Å². The van der Waals surface area contributed by atoms with Gasteiger partial charge in [0.15, 0.2) is 0 Å². The molecular formula is C13H26O6Ti. The summed E-state index contributed by atoms with van der Waals surface area (Å²) in [6.07, 6.45) is 6.07. The Balaban J connectivity index is 0. The Morgan fingerprint density at radius 1 is 1.00 bits per heavy atom. The van der Waals surface area contributed by atoms with Crippen molar-refractivity contribution >= 4 is 5.97 Å². The van der Waals surface area contributed by atoms with Crippen LogP contribution in [-0.4, -0.2) is 37.0 Å². The second-order valence-electron chi connectivity index (χ2n) is 4.53. The number of esters is 1. The van der Waals surface area contributed by atoms with Gasteiger partial charge >= 0.3 is 5.97 Å². The molecule has 7 heteroatoms. The van der Waals surface area contributed by atoms with E-state index in [1.54, 1.807) is 0 Å². The molecule has 0 fully saturated rings. The Kier molecular flexibility index (Phi) is 19.0. The van der Waals surface area contributed by atoms with E-state index in [1.807, 2.05) is 13.8 Å². The number of carbonyl (C=O) groups excluding carboxylic acids is 1. The summed E-state index contributed by atoms with van der Waals surface area (Å²) < 4.78 is 4.74. The van der Waals surface area contributed by atoms with E-state index in [1.165, 1.54) is 0 Å². The van der Waals surface area contributed by atoms with Crippen LogP contribution in [0, 0.1) is 0 Å². The number of carbonyl (C=O) groups is 1. The summed E-state index contributed by atoms with van der Waals surface area (Å²) in [5.74, 6) is -0.555. The molecule has 20 heavy (non-hydrogen) atoms. The SMILES string of the molecule is CC(C)OOOCCCCCCCCOC(=O)CO.[Ti]. The van der Waals surface area contributed by atoms with Gasteiger partial charge in [-0.1, -0.05) is 30.7 Å². The molecule has 0 aliphatic carbocycles. The molecule has 118 valence electrons. The second-order valence-corrected chi connectivity index (χ2v) is 4.53.